The minimum Gasteiger partial charge on any atom is -0.491 e. The number of nitrogens with zero attached hydrogens (tertiary/aromatic N) is 3. The molecule has 0 spiro atoms. The Hall–Kier alpha value is -2.63. The Morgan fingerprint density at radius 3 is 2.65 bits per heavy atom. The Morgan fingerprint density at radius 1 is 1.27 bits per heavy atom. The van der Waals surface area contributed by atoms with Gasteiger partial charge in [0.15, 0.2) is 0 Å². The van der Waals surface area contributed by atoms with Gasteiger partial charge >= 0.3 is 0 Å². The van der Waals surface area contributed by atoms with Gasteiger partial charge in [-0.2, -0.15) is 0 Å². The second-order valence-electron chi connectivity index (χ2n) is 6.86. The third kappa shape index (κ3) is 4.94. The quantitative estimate of drug-likeness (QED) is 0.864. The molecule has 6 nitrogen and oxygen atoms in total. The molecule has 2 heterocycles. The van der Waals surface area contributed by atoms with Crippen molar-refractivity contribution in [3.8, 4) is 5.75 Å². The summed E-state index contributed by atoms with van der Waals surface area (Å²) in [7, 11) is 0. The molecule has 1 saturated heterocycles. The van der Waals surface area contributed by atoms with Crippen molar-refractivity contribution >= 4 is 11.7 Å². The average molecular weight is 354 g/mol. The van der Waals surface area contributed by atoms with Crippen molar-refractivity contribution < 1.29 is 9.53 Å². The lowest BCUT2D eigenvalue weighted by Gasteiger charge is -2.32. The van der Waals surface area contributed by atoms with Crippen LogP contribution < -0.4 is 15.0 Å². The fourth-order valence-electron chi connectivity index (χ4n) is 3.08. The predicted molar refractivity (Wildman–Crippen MR) is 101 cm³/mol. The number of carbonyl (C=O) groups is 1. The molecule has 1 aliphatic heterocycles. The molecule has 1 fully saturated rings. The van der Waals surface area contributed by atoms with E-state index in [2.05, 4.69) is 20.2 Å². The van der Waals surface area contributed by atoms with Crippen molar-refractivity contribution in [1.29, 1.82) is 0 Å². The summed E-state index contributed by atoms with van der Waals surface area (Å²) in [6.07, 6.45) is 6.79. The number of rotatable bonds is 6. The van der Waals surface area contributed by atoms with Crippen LogP contribution >= 0.6 is 0 Å². The van der Waals surface area contributed by atoms with E-state index >= 15 is 0 Å². The van der Waals surface area contributed by atoms with Gasteiger partial charge in [0.05, 0.1) is 12.2 Å². The van der Waals surface area contributed by atoms with Crippen LogP contribution in [0.15, 0.2) is 42.9 Å². The summed E-state index contributed by atoms with van der Waals surface area (Å²) < 4.78 is 5.75. The minimum atomic E-state index is -0.0261. The molecule has 26 heavy (non-hydrogen) atoms. The number of anilines is 1. The predicted octanol–water partition coefficient (Wildman–Crippen LogP) is 2.59. The Bertz CT molecular complexity index is 698. The van der Waals surface area contributed by atoms with Gasteiger partial charge in [-0.25, -0.2) is 4.98 Å². The summed E-state index contributed by atoms with van der Waals surface area (Å²) in [4.78, 5) is 23.1. The standard InChI is InChI=1S/C20H26N4O2/c1-15-3-5-18(6-4-15)26-14-16(2)23-20(25)17-7-11-24(12-8-17)19-13-21-9-10-22-19/h3-6,9-10,13,16-17H,7-8,11-12,14H2,1-2H3,(H,23,25)/t16-/m0/s1. The second-order valence-corrected chi connectivity index (χ2v) is 6.86. The van der Waals surface area contributed by atoms with Gasteiger partial charge < -0.3 is 15.0 Å². The van der Waals surface area contributed by atoms with Gasteiger partial charge in [-0.3, -0.25) is 9.78 Å². The van der Waals surface area contributed by atoms with Crippen LogP contribution in [-0.4, -0.2) is 41.6 Å². The Morgan fingerprint density at radius 2 is 2.00 bits per heavy atom. The first-order valence-corrected chi connectivity index (χ1v) is 9.12. The van der Waals surface area contributed by atoms with Crippen LogP contribution in [0.25, 0.3) is 0 Å². The van der Waals surface area contributed by atoms with E-state index in [4.69, 9.17) is 4.74 Å². The van der Waals surface area contributed by atoms with Crippen molar-refractivity contribution in [3.63, 3.8) is 0 Å². The maximum absolute atomic E-state index is 12.5. The molecular weight excluding hydrogens is 328 g/mol. The summed E-state index contributed by atoms with van der Waals surface area (Å²) in [5.74, 6) is 1.87. The fourth-order valence-corrected chi connectivity index (χ4v) is 3.08. The topological polar surface area (TPSA) is 67.3 Å². The number of aryl methyl sites for hydroxylation is 1. The summed E-state index contributed by atoms with van der Waals surface area (Å²) >= 11 is 0. The van der Waals surface area contributed by atoms with Crippen LogP contribution in [0, 0.1) is 12.8 Å². The molecule has 1 atom stereocenters. The minimum absolute atomic E-state index is 0.0261. The molecule has 6 heteroatoms. The summed E-state index contributed by atoms with van der Waals surface area (Å²) in [5, 5.41) is 3.08. The van der Waals surface area contributed by atoms with Gasteiger partial charge in [-0.15, -0.1) is 0 Å². The number of hydrogen-bond acceptors (Lipinski definition) is 5. The zero-order valence-electron chi connectivity index (χ0n) is 15.4. The van der Waals surface area contributed by atoms with Crippen molar-refractivity contribution in [2.24, 2.45) is 5.92 Å². The van der Waals surface area contributed by atoms with E-state index in [1.54, 1.807) is 18.6 Å². The fraction of sp³-hybridized carbons (Fsp3) is 0.450. The lowest BCUT2D eigenvalue weighted by Crippen LogP contribution is -2.44. The lowest BCUT2D eigenvalue weighted by atomic mass is 9.95. The largest absolute Gasteiger partial charge is 0.491 e. The molecule has 0 saturated carbocycles. The molecule has 1 aromatic heterocycles. The lowest BCUT2D eigenvalue weighted by molar-refractivity contribution is -0.126. The van der Waals surface area contributed by atoms with E-state index < -0.39 is 0 Å². The number of aromatic nitrogens is 2. The van der Waals surface area contributed by atoms with E-state index in [-0.39, 0.29) is 17.9 Å². The molecule has 1 aromatic carbocycles. The van der Waals surface area contributed by atoms with Crippen LogP contribution in [0.3, 0.4) is 0 Å². The van der Waals surface area contributed by atoms with Crippen LogP contribution in [0.5, 0.6) is 5.75 Å². The number of nitrogens with one attached hydrogen (secondary N) is 1. The van der Waals surface area contributed by atoms with Crippen LogP contribution in [0.4, 0.5) is 5.82 Å². The molecule has 1 amide bonds. The first-order chi connectivity index (χ1) is 12.6. The van der Waals surface area contributed by atoms with Gasteiger partial charge in [-0.05, 0) is 38.8 Å². The van der Waals surface area contributed by atoms with Crippen molar-refractivity contribution in [2.45, 2.75) is 32.7 Å². The number of carbonyl (C=O) groups excluding carboxylic acids is 1. The molecule has 0 unspecified atom stereocenters. The third-order valence-electron chi connectivity index (χ3n) is 4.65. The summed E-state index contributed by atoms with van der Waals surface area (Å²) in [6.45, 7) is 6.13. The maximum Gasteiger partial charge on any atom is 0.223 e. The summed E-state index contributed by atoms with van der Waals surface area (Å²) in [6, 6.07) is 7.91. The third-order valence-corrected chi connectivity index (χ3v) is 4.65. The van der Waals surface area contributed by atoms with Gasteiger partial charge in [0.2, 0.25) is 5.91 Å². The van der Waals surface area contributed by atoms with E-state index in [0.29, 0.717) is 6.61 Å². The number of benzene rings is 1. The van der Waals surface area contributed by atoms with Crippen LogP contribution in [0.1, 0.15) is 25.3 Å². The summed E-state index contributed by atoms with van der Waals surface area (Å²) in [5.41, 5.74) is 1.20. The van der Waals surface area contributed by atoms with Gasteiger partial charge in [0, 0.05) is 31.4 Å². The average Bonchev–Trinajstić information content (AvgIpc) is 2.68. The Kier molecular flexibility index (Phi) is 6.04. The molecule has 0 aliphatic carbocycles. The molecule has 3 rings (SSSR count). The number of piperidine rings is 1. The molecule has 1 N–H and O–H groups in total. The molecule has 1 aliphatic rings. The number of amides is 1. The van der Waals surface area contributed by atoms with Gasteiger partial charge in [0.1, 0.15) is 18.2 Å². The highest BCUT2D eigenvalue weighted by molar-refractivity contribution is 5.79. The van der Waals surface area contributed by atoms with Gasteiger partial charge in [0.25, 0.3) is 0 Å². The monoisotopic (exact) mass is 354 g/mol. The number of hydrogen-bond donors (Lipinski definition) is 1. The molecular formula is C20H26N4O2. The van der Waals surface area contributed by atoms with Crippen LogP contribution in [-0.2, 0) is 4.79 Å². The highest BCUT2D eigenvalue weighted by Gasteiger charge is 2.26. The van der Waals surface area contributed by atoms with Gasteiger partial charge in [-0.1, -0.05) is 17.7 Å². The normalized spacial score (nSPS) is 16.2. The molecule has 0 radical (unpaired) electrons. The van der Waals surface area contributed by atoms with Crippen LogP contribution in [0.2, 0.25) is 0 Å². The maximum atomic E-state index is 12.5. The highest BCUT2D eigenvalue weighted by atomic mass is 16.5. The zero-order chi connectivity index (χ0) is 18.4. The van der Waals surface area contributed by atoms with Crippen molar-refractivity contribution in [1.82, 2.24) is 15.3 Å². The molecule has 2 aromatic rings. The van der Waals surface area contributed by atoms with Crippen molar-refractivity contribution in [2.75, 3.05) is 24.6 Å². The first kappa shape index (κ1) is 18.2. The van der Waals surface area contributed by atoms with E-state index in [1.165, 1.54) is 5.56 Å². The zero-order valence-corrected chi connectivity index (χ0v) is 15.4. The second kappa shape index (κ2) is 8.65. The molecule has 0 bridgehead atoms. The van der Waals surface area contributed by atoms with E-state index in [0.717, 1.165) is 37.5 Å². The Labute approximate surface area is 154 Å². The van der Waals surface area contributed by atoms with E-state index in [9.17, 15) is 4.79 Å². The highest BCUT2D eigenvalue weighted by Crippen LogP contribution is 2.21. The van der Waals surface area contributed by atoms with E-state index in [1.807, 2.05) is 38.1 Å². The SMILES string of the molecule is Cc1ccc(OC[C@H](C)NC(=O)C2CCN(c3cnccn3)CC2)cc1. The number of ether oxygens (including phenoxy) is 1. The van der Waals surface area contributed by atoms with Crippen molar-refractivity contribution in [3.05, 3.63) is 48.4 Å². The smallest absolute Gasteiger partial charge is 0.223 e. The first-order valence-electron chi connectivity index (χ1n) is 9.12. The Balaban J connectivity index is 1.41. The molecule has 138 valence electrons.